The number of halogens is 5. The fourth-order valence-electron chi connectivity index (χ4n) is 3.94. The van der Waals surface area contributed by atoms with E-state index in [0.29, 0.717) is 31.7 Å². The first-order valence-corrected chi connectivity index (χ1v) is 12.0. The van der Waals surface area contributed by atoms with Crippen molar-refractivity contribution in [2.24, 2.45) is 7.05 Å². The third-order valence-corrected chi connectivity index (χ3v) is 5.66. The van der Waals surface area contributed by atoms with Crippen molar-refractivity contribution >= 4 is 17.1 Å². The molecule has 1 heterocycles. The minimum absolute atomic E-state index is 0.0226. The van der Waals surface area contributed by atoms with Crippen molar-refractivity contribution in [2.45, 2.75) is 76.7 Å². The summed E-state index contributed by atoms with van der Waals surface area (Å²) in [7, 11) is 1.42. The lowest BCUT2D eigenvalue weighted by molar-refractivity contribution is -0.0129. The molecule has 0 bridgehead atoms. The zero-order valence-corrected chi connectivity index (χ0v) is 21.2. The molecule has 2 aromatic rings. The second-order valence-corrected chi connectivity index (χ2v) is 9.87. The molecule has 37 heavy (non-hydrogen) atoms. The zero-order chi connectivity index (χ0) is 27.3. The normalized spacial score (nSPS) is 19.2. The Bertz CT molecular complexity index is 1070. The molecule has 1 atom stereocenters. The van der Waals surface area contributed by atoms with E-state index in [1.807, 2.05) is 0 Å². The van der Waals surface area contributed by atoms with Crippen LogP contribution in [-0.2, 0) is 16.5 Å². The summed E-state index contributed by atoms with van der Waals surface area (Å²) in [6.45, 7) is 3.21. The topological polar surface area (TPSA) is 83.8 Å². The third kappa shape index (κ3) is 7.83. The molecule has 1 saturated carbocycles. The van der Waals surface area contributed by atoms with Crippen molar-refractivity contribution in [1.82, 2.24) is 14.9 Å². The second kappa shape index (κ2) is 12.1. The lowest BCUT2D eigenvalue weighted by Crippen LogP contribution is -2.43. The lowest BCUT2D eigenvalue weighted by atomic mass is 9.95. The zero-order valence-electron chi connectivity index (χ0n) is 21.2. The minimum Gasteiger partial charge on any atom is -0.484 e. The van der Waals surface area contributed by atoms with Crippen molar-refractivity contribution < 1.29 is 45.7 Å². The van der Waals surface area contributed by atoms with Gasteiger partial charge in [-0.15, -0.1) is 0 Å². The number of aryl methyl sites for hydroxylation is 1. The summed E-state index contributed by atoms with van der Waals surface area (Å²) in [5.41, 5.74) is -1.26. The van der Waals surface area contributed by atoms with E-state index in [4.69, 9.17) is 14.2 Å². The molecule has 1 aliphatic rings. The summed E-state index contributed by atoms with van der Waals surface area (Å²) in [5.74, 6) is -2.57. The van der Waals surface area contributed by atoms with Crippen LogP contribution in [-0.4, -0.2) is 65.8 Å². The summed E-state index contributed by atoms with van der Waals surface area (Å²) < 4.78 is 90.1. The number of imidazole rings is 1. The van der Waals surface area contributed by atoms with E-state index in [9.17, 15) is 26.7 Å². The van der Waals surface area contributed by atoms with Gasteiger partial charge in [-0.2, -0.15) is 4.98 Å². The van der Waals surface area contributed by atoms with E-state index >= 15 is 0 Å². The summed E-state index contributed by atoms with van der Waals surface area (Å²) in [6, 6.07) is -0.188. The van der Waals surface area contributed by atoms with Crippen LogP contribution < -0.4 is 14.8 Å². The standard InChI is InChI=1S/C24H32F5N3O5/c1-24(2,3)37-23(33)30-13(10-25)11-34-14-5-7-15(8-6-14)36-22-31-20-16(26)9-17(35-12-18(27)28)19(29)21(20)32(22)4/h9,13-15,18H,5-8,10-12H2,1-4H3,(H,30,33)/t13-,14?,15?/m0/s1. The lowest BCUT2D eigenvalue weighted by Gasteiger charge is -2.29. The molecule has 208 valence electrons. The first-order chi connectivity index (χ1) is 17.4. The number of amides is 1. The third-order valence-electron chi connectivity index (χ3n) is 5.66. The molecule has 8 nitrogen and oxygen atoms in total. The average Bonchev–Trinajstić information content (AvgIpc) is 3.14. The Labute approximate surface area is 211 Å². The van der Waals surface area contributed by atoms with Crippen molar-refractivity contribution in [3.63, 3.8) is 0 Å². The van der Waals surface area contributed by atoms with Crippen LogP contribution in [0, 0.1) is 11.6 Å². The van der Waals surface area contributed by atoms with Crippen LogP contribution in [0.15, 0.2) is 6.07 Å². The van der Waals surface area contributed by atoms with E-state index in [1.165, 1.54) is 11.6 Å². The maximum absolute atomic E-state index is 14.8. The highest BCUT2D eigenvalue weighted by atomic mass is 19.3. The molecule has 1 N–H and O–H groups in total. The summed E-state index contributed by atoms with van der Waals surface area (Å²) >= 11 is 0. The number of hydrogen-bond acceptors (Lipinski definition) is 6. The molecular weight excluding hydrogens is 505 g/mol. The number of hydrogen-bond donors (Lipinski definition) is 1. The SMILES string of the molecule is Cn1c(OC2CCC(OC[C@H](CF)NC(=O)OC(C)(C)C)CC2)nc2c(F)cc(OCC(F)F)c(F)c21. The minimum atomic E-state index is -2.84. The van der Waals surface area contributed by atoms with Crippen molar-refractivity contribution in [2.75, 3.05) is 19.9 Å². The number of fused-ring (bicyclic) bond motifs is 1. The number of nitrogens with zero attached hydrogens (tertiary/aromatic N) is 2. The number of alkyl halides is 3. The van der Waals surface area contributed by atoms with Crippen LogP contribution in [0.1, 0.15) is 46.5 Å². The van der Waals surface area contributed by atoms with Gasteiger partial charge in [-0.3, -0.25) is 4.57 Å². The molecule has 1 aromatic carbocycles. The predicted octanol–water partition coefficient (Wildman–Crippen LogP) is 5.06. The van der Waals surface area contributed by atoms with Crippen molar-refractivity contribution in [3.05, 3.63) is 17.7 Å². The van der Waals surface area contributed by atoms with E-state index in [1.54, 1.807) is 20.8 Å². The van der Waals surface area contributed by atoms with Crippen LogP contribution in [0.3, 0.4) is 0 Å². The van der Waals surface area contributed by atoms with E-state index < -0.39 is 54.8 Å². The maximum Gasteiger partial charge on any atom is 0.408 e. The number of alkyl carbamates (subject to hydrolysis) is 1. The van der Waals surface area contributed by atoms with Gasteiger partial charge in [-0.25, -0.2) is 26.7 Å². The molecule has 3 rings (SSSR count). The Hall–Kier alpha value is -2.83. The van der Waals surface area contributed by atoms with Gasteiger partial charge >= 0.3 is 6.09 Å². The Morgan fingerprint density at radius 3 is 2.41 bits per heavy atom. The fraction of sp³-hybridized carbons (Fsp3) is 0.667. The Morgan fingerprint density at radius 1 is 1.16 bits per heavy atom. The number of ether oxygens (including phenoxy) is 4. The van der Waals surface area contributed by atoms with Gasteiger partial charge in [0, 0.05) is 13.1 Å². The average molecular weight is 538 g/mol. The predicted molar refractivity (Wildman–Crippen MR) is 124 cm³/mol. The van der Waals surface area contributed by atoms with Gasteiger partial charge in [0.25, 0.3) is 12.4 Å². The van der Waals surface area contributed by atoms with Gasteiger partial charge in [0.15, 0.2) is 17.4 Å². The summed E-state index contributed by atoms with van der Waals surface area (Å²) in [6.07, 6.45) is -1.82. The highest BCUT2D eigenvalue weighted by Crippen LogP contribution is 2.33. The molecular formula is C24H32F5N3O5. The maximum atomic E-state index is 14.8. The van der Waals surface area contributed by atoms with E-state index in [-0.39, 0.29) is 35.9 Å². The van der Waals surface area contributed by atoms with Gasteiger partial charge in [0.2, 0.25) is 0 Å². The first-order valence-electron chi connectivity index (χ1n) is 12.0. The molecule has 0 saturated heterocycles. The molecule has 0 radical (unpaired) electrons. The molecule has 0 aliphatic heterocycles. The molecule has 1 aromatic heterocycles. The van der Waals surface area contributed by atoms with Crippen LogP contribution in [0.5, 0.6) is 11.8 Å². The summed E-state index contributed by atoms with van der Waals surface area (Å²) in [5, 5.41) is 2.45. The smallest absolute Gasteiger partial charge is 0.408 e. The van der Waals surface area contributed by atoms with Crippen LogP contribution in [0.4, 0.5) is 26.7 Å². The highest BCUT2D eigenvalue weighted by molar-refractivity contribution is 5.80. The molecule has 13 heteroatoms. The van der Waals surface area contributed by atoms with Crippen LogP contribution in [0.25, 0.3) is 11.0 Å². The largest absolute Gasteiger partial charge is 0.484 e. The van der Waals surface area contributed by atoms with Crippen molar-refractivity contribution in [1.29, 1.82) is 0 Å². The number of nitrogens with one attached hydrogen (secondary N) is 1. The number of rotatable bonds is 10. The van der Waals surface area contributed by atoms with Crippen LogP contribution in [0.2, 0.25) is 0 Å². The molecule has 1 fully saturated rings. The number of benzene rings is 1. The van der Waals surface area contributed by atoms with Gasteiger partial charge in [0.1, 0.15) is 36.0 Å². The molecule has 1 amide bonds. The van der Waals surface area contributed by atoms with Crippen molar-refractivity contribution in [3.8, 4) is 11.8 Å². The number of carbonyl (C=O) groups is 1. The van der Waals surface area contributed by atoms with E-state index in [2.05, 4.69) is 15.0 Å². The molecule has 0 unspecified atom stereocenters. The van der Waals surface area contributed by atoms with Gasteiger partial charge in [-0.1, -0.05) is 0 Å². The van der Waals surface area contributed by atoms with Gasteiger partial charge < -0.3 is 24.3 Å². The quantitative estimate of drug-likeness (QED) is 0.427. The summed E-state index contributed by atoms with van der Waals surface area (Å²) in [4.78, 5) is 15.9. The van der Waals surface area contributed by atoms with Gasteiger partial charge in [0.05, 0.1) is 18.8 Å². The second-order valence-electron chi connectivity index (χ2n) is 9.87. The fourth-order valence-corrected chi connectivity index (χ4v) is 3.94. The monoisotopic (exact) mass is 537 g/mol. The molecule has 1 aliphatic carbocycles. The Kier molecular flexibility index (Phi) is 9.43. The Morgan fingerprint density at radius 2 is 1.81 bits per heavy atom. The number of carbonyl (C=O) groups excluding carboxylic acids is 1. The van der Waals surface area contributed by atoms with Gasteiger partial charge in [-0.05, 0) is 46.5 Å². The van der Waals surface area contributed by atoms with Crippen LogP contribution >= 0.6 is 0 Å². The number of aromatic nitrogens is 2. The highest BCUT2D eigenvalue weighted by Gasteiger charge is 2.28. The first kappa shape index (κ1) is 28.7. The van der Waals surface area contributed by atoms with E-state index in [0.717, 1.165) is 0 Å². The molecule has 0 spiro atoms. The Balaban J connectivity index is 1.54.